The minimum absolute atomic E-state index is 0.0867. The van der Waals surface area contributed by atoms with Gasteiger partial charge in [0.2, 0.25) is 5.91 Å². The number of phenolic OH excluding ortho intramolecular Hbond substituents is 1. The van der Waals surface area contributed by atoms with Gasteiger partial charge in [-0.15, -0.1) is 0 Å². The van der Waals surface area contributed by atoms with Crippen LogP contribution in [0.3, 0.4) is 0 Å². The summed E-state index contributed by atoms with van der Waals surface area (Å²) in [4.78, 5) is 25.6. The zero-order valence-electron chi connectivity index (χ0n) is 22.9. The normalized spacial score (nSPS) is 12.1. The molecule has 218 valence electrons. The van der Waals surface area contributed by atoms with Gasteiger partial charge in [0.05, 0.1) is 23.0 Å². The van der Waals surface area contributed by atoms with Crippen LogP contribution in [0, 0.1) is 11.3 Å². The van der Waals surface area contributed by atoms with Crippen LogP contribution in [0.5, 0.6) is 11.5 Å². The smallest absolute Gasteiger partial charge is 0.412 e. The number of nitrogens with one attached hydrogen (secondary N) is 2. The van der Waals surface area contributed by atoms with E-state index in [2.05, 4.69) is 26.6 Å². The SMILES string of the molecule is N#Cc1ccc(NC(=O)O[C@@H](c2cc(Br)ccc2O)[C@H](CC/C=C/C(=O)Nc2ccccc2N)Oc2ccccc2)cc1. The third-order valence-corrected chi connectivity index (χ3v) is 6.76. The molecule has 5 N–H and O–H groups in total. The first-order chi connectivity index (χ1) is 20.8. The predicted molar refractivity (Wildman–Crippen MR) is 169 cm³/mol. The van der Waals surface area contributed by atoms with Crippen LogP contribution in [0.15, 0.2) is 114 Å². The van der Waals surface area contributed by atoms with Gasteiger partial charge in [-0.3, -0.25) is 10.1 Å². The Morgan fingerprint density at radius 2 is 1.70 bits per heavy atom. The van der Waals surface area contributed by atoms with Crippen molar-refractivity contribution in [1.29, 1.82) is 5.26 Å². The van der Waals surface area contributed by atoms with E-state index in [9.17, 15) is 14.7 Å². The van der Waals surface area contributed by atoms with Crippen LogP contribution in [0.4, 0.5) is 21.9 Å². The van der Waals surface area contributed by atoms with Gasteiger partial charge in [0, 0.05) is 15.7 Å². The lowest BCUT2D eigenvalue weighted by atomic mass is 9.99. The highest BCUT2D eigenvalue weighted by Gasteiger charge is 2.31. The summed E-state index contributed by atoms with van der Waals surface area (Å²) in [6, 6.07) is 29.1. The number of ether oxygens (including phenoxy) is 2. The molecule has 0 bridgehead atoms. The Kier molecular flexibility index (Phi) is 10.8. The molecule has 0 saturated carbocycles. The van der Waals surface area contributed by atoms with Crippen molar-refractivity contribution in [2.24, 2.45) is 0 Å². The summed E-state index contributed by atoms with van der Waals surface area (Å²) < 4.78 is 12.9. The standard InChI is InChI=1S/C33H29BrN4O5/c34-23-16-19-29(39)26(20-23)32(43-33(41)37-24-17-14-22(21-35)15-18-24)30(42-25-8-2-1-3-9-25)12-6-7-13-31(40)38-28-11-5-4-10-27(28)36/h1-5,7-11,13-20,30,32,39H,6,12,36H2,(H,37,41)(H,38,40)/b13-7+/t30-,32-/m0/s1. The molecule has 2 atom stereocenters. The number of phenols is 1. The van der Waals surface area contributed by atoms with E-state index in [1.54, 1.807) is 78.9 Å². The minimum atomic E-state index is -1.05. The maximum absolute atomic E-state index is 13.1. The maximum Gasteiger partial charge on any atom is 0.412 e. The molecular formula is C33H29BrN4O5. The quantitative estimate of drug-likeness (QED) is 0.0991. The topological polar surface area (TPSA) is 147 Å². The second-order valence-electron chi connectivity index (χ2n) is 9.37. The Morgan fingerprint density at radius 3 is 2.42 bits per heavy atom. The average Bonchev–Trinajstić information content (AvgIpc) is 3.01. The van der Waals surface area contributed by atoms with Crippen LogP contribution >= 0.6 is 15.9 Å². The fourth-order valence-corrected chi connectivity index (χ4v) is 4.54. The van der Waals surface area contributed by atoms with Gasteiger partial charge in [0.15, 0.2) is 6.10 Å². The second kappa shape index (κ2) is 15.1. The zero-order chi connectivity index (χ0) is 30.6. The second-order valence-corrected chi connectivity index (χ2v) is 10.3. The Bertz CT molecular complexity index is 1620. The number of amides is 2. The monoisotopic (exact) mass is 640 g/mol. The van der Waals surface area contributed by atoms with Crippen molar-refractivity contribution in [1.82, 2.24) is 0 Å². The molecule has 0 heterocycles. The zero-order valence-corrected chi connectivity index (χ0v) is 24.5. The van der Waals surface area contributed by atoms with Gasteiger partial charge in [-0.2, -0.15) is 5.26 Å². The molecule has 4 aromatic carbocycles. The van der Waals surface area contributed by atoms with Crippen LogP contribution in [0.25, 0.3) is 0 Å². The fourth-order valence-electron chi connectivity index (χ4n) is 4.17. The highest BCUT2D eigenvalue weighted by atomic mass is 79.9. The number of anilines is 3. The molecule has 0 radical (unpaired) electrons. The number of aromatic hydroxyl groups is 1. The Hall–Kier alpha value is -5.27. The summed E-state index contributed by atoms with van der Waals surface area (Å²) >= 11 is 3.43. The Labute approximate surface area is 257 Å². The maximum atomic E-state index is 13.1. The first-order valence-electron chi connectivity index (χ1n) is 13.3. The van der Waals surface area contributed by atoms with Crippen molar-refractivity contribution in [2.75, 3.05) is 16.4 Å². The van der Waals surface area contributed by atoms with Crippen LogP contribution < -0.4 is 21.1 Å². The van der Waals surface area contributed by atoms with Gasteiger partial charge in [-0.25, -0.2) is 4.79 Å². The third-order valence-electron chi connectivity index (χ3n) is 6.26. The number of hydrogen-bond donors (Lipinski definition) is 4. The van der Waals surface area contributed by atoms with E-state index in [0.717, 1.165) is 0 Å². The highest BCUT2D eigenvalue weighted by Crippen LogP contribution is 2.36. The summed E-state index contributed by atoms with van der Waals surface area (Å²) in [5.41, 5.74) is 8.07. The van der Waals surface area contributed by atoms with Crippen LogP contribution in [-0.4, -0.2) is 23.2 Å². The summed E-state index contributed by atoms with van der Waals surface area (Å²) in [6.07, 6.45) is 1.16. The van der Waals surface area contributed by atoms with Crippen molar-refractivity contribution in [3.63, 3.8) is 0 Å². The number of halogens is 1. The Balaban J connectivity index is 1.56. The average molecular weight is 642 g/mol. The van der Waals surface area contributed by atoms with E-state index in [1.165, 1.54) is 12.1 Å². The highest BCUT2D eigenvalue weighted by molar-refractivity contribution is 9.10. The predicted octanol–water partition coefficient (Wildman–Crippen LogP) is 7.32. The molecule has 0 aromatic heterocycles. The van der Waals surface area contributed by atoms with Gasteiger partial charge < -0.3 is 25.6 Å². The van der Waals surface area contributed by atoms with Crippen LogP contribution in [-0.2, 0) is 9.53 Å². The van der Waals surface area contributed by atoms with E-state index in [0.29, 0.717) is 51.3 Å². The van der Waals surface area contributed by atoms with Crippen molar-refractivity contribution in [3.05, 3.63) is 125 Å². The molecular weight excluding hydrogens is 612 g/mol. The number of para-hydroxylation sites is 3. The number of nitrogens with two attached hydrogens (primary N) is 1. The number of carbonyl (C=O) groups is 2. The molecule has 4 aromatic rings. The van der Waals surface area contributed by atoms with Gasteiger partial charge in [0.1, 0.15) is 17.6 Å². The third kappa shape index (κ3) is 9.11. The first-order valence-corrected chi connectivity index (χ1v) is 14.1. The van der Waals surface area contributed by atoms with E-state index in [1.807, 2.05) is 24.3 Å². The number of allylic oxidation sites excluding steroid dienone is 1. The van der Waals surface area contributed by atoms with Crippen molar-refractivity contribution < 1.29 is 24.2 Å². The van der Waals surface area contributed by atoms with Crippen molar-refractivity contribution in [3.8, 4) is 17.6 Å². The number of nitrogen functional groups attached to an aromatic ring is 1. The van der Waals surface area contributed by atoms with E-state index in [-0.39, 0.29) is 11.7 Å². The molecule has 43 heavy (non-hydrogen) atoms. The lowest BCUT2D eigenvalue weighted by Crippen LogP contribution is -2.31. The number of hydrogen-bond acceptors (Lipinski definition) is 7. The van der Waals surface area contributed by atoms with Gasteiger partial charge in [0.25, 0.3) is 0 Å². The number of carbonyl (C=O) groups excluding carboxylic acids is 2. The minimum Gasteiger partial charge on any atom is -0.508 e. The summed E-state index contributed by atoms with van der Waals surface area (Å²) in [7, 11) is 0. The molecule has 4 rings (SSSR count). The van der Waals surface area contributed by atoms with Gasteiger partial charge >= 0.3 is 6.09 Å². The Morgan fingerprint density at radius 1 is 0.977 bits per heavy atom. The molecule has 0 fully saturated rings. The lowest BCUT2D eigenvalue weighted by Gasteiger charge is -2.28. The van der Waals surface area contributed by atoms with Crippen LogP contribution in [0.1, 0.15) is 30.1 Å². The molecule has 0 spiro atoms. The van der Waals surface area contributed by atoms with E-state index >= 15 is 0 Å². The van der Waals surface area contributed by atoms with Gasteiger partial charge in [-0.1, -0.05) is 52.3 Å². The van der Waals surface area contributed by atoms with E-state index in [4.69, 9.17) is 20.5 Å². The molecule has 0 aliphatic rings. The van der Waals surface area contributed by atoms with Crippen molar-refractivity contribution >= 4 is 45.0 Å². The fraction of sp³-hybridized carbons (Fsp3) is 0.121. The summed E-state index contributed by atoms with van der Waals surface area (Å²) in [6.45, 7) is 0. The number of benzene rings is 4. The molecule has 10 heteroatoms. The molecule has 9 nitrogen and oxygen atoms in total. The van der Waals surface area contributed by atoms with Gasteiger partial charge in [-0.05, 0) is 85.6 Å². The van der Waals surface area contributed by atoms with Crippen LogP contribution in [0.2, 0.25) is 0 Å². The van der Waals surface area contributed by atoms with E-state index < -0.39 is 18.3 Å². The number of nitriles is 1. The first kappa shape index (κ1) is 30.7. The number of nitrogens with zero attached hydrogens (tertiary/aromatic N) is 1. The molecule has 0 aliphatic heterocycles. The largest absolute Gasteiger partial charge is 0.508 e. The number of rotatable bonds is 11. The lowest BCUT2D eigenvalue weighted by molar-refractivity contribution is -0.111. The molecule has 0 aliphatic carbocycles. The molecule has 2 amide bonds. The molecule has 0 saturated heterocycles. The summed E-state index contributed by atoms with van der Waals surface area (Å²) in [5.74, 6) is 0.0958. The molecule has 0 unspecified atom stereocenters. The van der Waals surface area contributed by atoms with Crippen molar-refractivity contribution in [2.45, 2.75) is 25.0 Å². The summed E-state index contributed by atoms with van der Waals surface area (Å²) in [5, 5.41) is 25.2.